The van der Waals surface area contributed by atoms with Crippen molar-refractivity contribution in [2.75, 3.05) is 13.2 Å². The van der Waals surface area contributed by atoms with Gasteiger partial charge in [-0.15, -0.1) is 0 Å². The van der Waals surface area contributed by atoms with Gasteiger partial charge >= 0.3 is 5.97 Å². The molecule has 4 heteroatoms. The molecule has 0 aromatic carbocycles. The number of Topliss-reactive ketones (excluding diaryl/α,β-unsaturated/α-hetero) is 1. The molecule has 0 aliphatic carbocycles. The number of ether oxygens (including phenoxy) is 1. The smallest absolute Gasteiger partial charge is 0.330 e. The van der Waals surface area contributed by atoms with Crippen molar-refractivity contribution in [3.63, 3.8) is 0 Å². The molecule has 4 nitrogen and oxygen atoms in total. The summed E-state index contributed by atoms with van der Waals surface area (Å²) in [5.74, 6) is -0.661. The summed E-state index contributed by atoms with van der Waals surface area (Å²) in [6.45, 7) is 6.21. The zero-order valence-electron chi connectivity index (χ0n) is 9.84. The average molecular weight is 215 g/mol. The Morgan fingerprint density at radius 1 is 1.27 bits per heavy atom. The predicted octanol–water partition coefficient (Wildman–Crippen LogP) is 1.29. The van der Waals surface area contributed by atoms with Crippen molar-refractivity contribution in [3.05, 3.63) is 0 Å². The molecule has 0 bridgehead atoms. The first kappa shape index (κ1) is 14.1. The van der Waals surface area contributed by atoms with E-state index in [1.807, 2.05) is 0 Å². The summed E-state index contributed by atoms with van der Waals surface area (Å²) >= 11 is 0. The lowest BCUT2D eigenvalue weighted by molar-refractivity contribution is -0.148. The number of hydrogen-bond acceptors (Lipinski definition) is 4. The maximum atomic E-state index is 11.3. The van der Waals surface area contributed by atoms with Gasteiger partial charge in [-0.3, -0.25) is 10.1 Å². The molecular weight excluding hydrogens is 194 g/mol. The molecule has 1 unspecified atom stereocenters. The SMILES string of the molecule is CCCCCNC(C(C)=O)C(=O)OCC. The molecule has 0 radical (unpaired) electrons. The average Bonchev–Trinajstić information content (AvgIpc) is 2.17. The highest BCUT2D eigenvalue weighted by Crippen LogP contribution is 1.95. The van der Waals surface area contributed by atoms with E-state index in [9.17, 15) is 9.59 Å². The number of unbranched alkanes of at least 4 members (excludes halogenated alkanes) is 2. The summed E-state index contributed by atoms with van der Waals surface area (Å²) in [6, 6.07) is -0.790. The van der Waals surface area contributed by atoms with Gasteiger partial charge in [-0.25, -0.2) is 4.79 Å². The largest absolute Gasteiger partial charge is 0.464 e. The number of carbonyl (C=O) groups excluding carboxylic acids is 2. The van der Waals surface area contributed by atoms with Gasteiger partial charge in [0.15, 0.2) is 11.8 Å². The second-order valence-electron chi connectivity index (χ2n) is 3.46. The zero-order valence-corrected chi connectivity index (χ0v) is 9.84. The molecule has 0 aromatic rings. The van der Waals surface area contributed by atoms with Crippen LogP contribution >= 0.6 is 0 Å². The van der Waals surface area contributed by atoms with Crippen molar-refractivity contribution >= 4 is 11.8 Å². The lowest BCUT2D eigenvalue weighted by Crippen LogP contribution is -2.43. The van der Waals surface area contributed by atoms with Gasteiger partial charge in [-0.05, 0) is 26.8 Å². The topological polar surface area (TPSA) is 55.4 Å². The van der Waals surface area contributed by atoms with Crippen LogP contribution in [0, 0.1) is 0 Å². The third kappa shape index (κ3) is 6.23. The molecule has 1 atom stereocenters. The molecule has 0 aromatic heterocycles. The lowest BCUT2D eigenvalue weighted by Gasteiger charge is -2.13. The quantitative estimate of drug-likeness (QED) is 0.376. The van der Waals surface area contributed by atoms with Crippen LogP contribution in [-0.2, 0) is 14.3 Å². The molecule has 0 aliphatic heterocycles. The minimum absolute atomic E-state index is 0.190. The predicted molar refractivity (Wildman–Crippen MR) is 58.6 cm³/mol. The number of hydrogen-bond donors (Lipinski definition) is 1. The molecule has 0 saturated carbocycles. The monoisotopic (exact) mass is 215 g/mol. The van der Waals surface area contributed by atoms with Crippen LogP contribution < -0.4 is 5.32 Å². The van der Waals surface area contributed by atoms with Gasteiger partial charge in [0.05, 0.1) is 6.61 Å². The van der Waals surface area contributed by atoms with Gasteiger partial charge in [-0.2, -0.15) is 0 Å². The molecule has 0 amide bonds. The maximum Gasteiger partial charge on any atom is 0.330 e. The Morgan fingerprint density at radius 3 is 2.40 bits per heavy atom. The van der Waals surface area contributed by atoms with Crippen molar-refractivity contribution in [1.29, 1.82) is 0 Å². The second kappa shape index (κ2) is 8.41. The summed E-state index contributed by atoms with van der Waals surface area (Å²) in [5.41, 5.74) is 0. The zero-order chi connectivity index (χ0) is 11.7. The Kier molecular flexibility index (Phi) is 7.91. The van der Waals surface area contributed by atoms with Crippen LogP contribution in [0.15, 0.2) is 0 Å². The molecule has 0 saturated heterocycles. The molecule has 88 valence electrons. The first-order valence-corrected chi connectivity index (χ1v) is 5.53. The number of nitrogens with one attached hydrogen (secondary N) is 1. The lowest BCUT2D eigenvalue weighted by atomic mass is 10.2. The van der Waals surface area contributed by atoms with E-state index in [0.29, 0.717) is 13.2 Å². The molecule has 0 spiro atoms. The van der Waals surface area contributed by atoms with Crippen LogP contribution in [0.2, 0.25) is 0 Å². The summed E-state index contributed by atoms with van der Waals surface area (Å²) in [5, 5.41) is 2.91. The van der Waals surface area contributed by atoms with E-state index >= 15 is 0 Å². The van der Waals surface area contributed by atoms with Crippen LogP contribution in [0.25, 0.3) is 0 Å². The van der Waals surface area contributed by atoms with Crippen molar-refractivity contribution in [3.8, 4) is 0 Å². The van der Waals surface area contributed by atoms with Crippen LogP contribution in [0.1, 0.15) is 40.0 Å². The van der Waals surface area contributed by atoms with Crippen molar-refractivity contribution < 1.29 is 14.3 Å². The van der Waals surface area contributed by atoms with Crippen LogP contribution in [0.3, 0.4) is 0 Å². The first-order chi connectivity index (χ1) is 7.13. The summed E-state index contributed by atoms with van der Waals surface area (Å²) in [4.78, 5) is 22.5. The van der Waals surface area contributed by atoms with Crippen molar-refractivity contribution in [2.24, 2.45) is 0 Å². The standard InChI is InChI=1S/C11H21NO3/c1-4-6-7-8-12-10(9(3)13)11(14)15-5-2/h10,12H,4-8H2,1-3H3. The van der Waals surface area contributed by atoms with Crippen molar-refractivity contribution in [2.45, 2.75) is 46.1 Å². The number of rotatable bonds is 8. The first-order valence-electron chi connectivity index (χ1n) is 5.53. The Labute approximate surface area is 91.4 Å². The molecule has 0 rings (SSSR count). The van der Waals surface area contributed by atoms with E-state index in [-0.39, 0.29) is 5.78 Å². The number of esters is 1. The maximum absolute atomic E-state index is 11.3. The van der Waals surface area contributed by atoms with Gasteiger partial charge < -0.3 is 4.74 Å². The summed E-state index contributed by atoms with van der Waals surface area (Å²) in [7, 11) is 0. The van der Waals surface area contributed by atoms with E-state index < -0.39 is 12.0 Å². The third-order valence-corrected chi connectivity index (χ3v) is 2.06. The fraction of sp³-hybridized carbons (Fsp3) is 0.818. The molecule has 0 heterocycles. The van der Waals surface area contributed by atoms with Gasteiger partial charge in [0.25, 0.3) is 0 Å². The summed E-state index contributed by atoms with van der Waals surface area (Å²) in [6.07, 6.45) is 3.19. The van der Waals surface area contributed by atoms with Crippen LogP contribution in [-0.4, -0.2) is 30.9 Å². The molecule has 1 N–H and O–H groups in total. The Hall–Kier alpha value is -0.900. The van der Waals surface area contributed by atoms with Gasteiger partial charge in [0, 0.05) is 0 Å². The van der Waals surface area contributed by atoms with Crippen LogP contribution in [0.4, 0.5) is 0 Å². The van der Waals surface area contributed by atoms with Crippen LogP contribution in [0.5, 0.6) is 0 Å². The normalized spacial score (nSPS) is 12.2. The Morgan fingerprint density at radius 2 is 1.93 bits per heavy atom. The minimum atomic E-state index is -0.790. The molecule has 0 fully saturated rings. The number of ketones is 1. The second-order valence-corrected chi connectivity index (χ2v) is 3.46. The fourth-order valence-corrected chi connectivity index (χ4v) is 1.24. The van der Waals surface area contributed by atoms with Gasteiger partial charge in [0.2, 0.25) is 0 Å². The van der Waals surface area contributed by atoms with E-state index in [1.54, 1.807) is 6.92 Å². The van der Waals surface area contributed by atoms with E-state index in [4.69, 9.17) is 4.74 Å². The highest BCUT2D eigenvalue weighted by atomic mass is 16.5. The fourth-order valence-electron chi connectivity index (χ4n) is 1.24. The van der Waals surface area contributed by atoms with E-state index in [0.717, 1.165) is 19.3 Å². The summed E-state index contributed by atoms with van der Waals surface area (Å²) < 4.78 is 4.80. The third-order valence-electron chi connectivity index (χ3n) is 2.06. The molecule has 0 aliphatic rings. The molecule has 15 heavy (non-hydrogen) atoms. The van der Waals surface area contributed by atoms with Gasteiger partial charge in [-0.1, -0.05) is 19.8 Å². The van der Waals surface area contributed by atoms with Gasteiger partial charge in [0.1, 0.15) is 0 Å². The van der Waals surface area contributed by atoms with E-state index in [1.165, 1.54) is 6.92 Å². The van der Waals surface area contributed by atoms with E-state index in [2.05, 4.69) is 12.2 Å². The number of carbonyl (C=O) groups is 2. The highest BCUT2D eigenvalue weighted by Gasteiger charge is 2.23. The highest BCUT2D eigenvalue weighted by molar-refractivity contribution is 6.01. The van der Waals surface area contributed by atoms with Crippen molar-refractivity contribution in [1.82, 2.24) is 5.32 Å². The minimum Gasteiger partial charge on any atom is -0.464 e. The Balaban J connectivity index is 3.94. The molecular formula is C11H21NO3. The Bertz CT molecular complexity index is 204.